The predicted molar refractivity (Wildman–Crippen MR) is 181 cm³/mol. The third-order valence-corrected chi connectivity index (χ3v) is 9.19. The van der Waals surface area contributed by atoms with Crippen LogP contribution in [0.3, 0.4) is 0 Å². The summed E-state index contributed by atoms with van der Waals surface area (Å²) < 4.78 is 6.28. The number of allylic oxidation sites excluding steroid dienone is 2. The lowest BCUT2D eigenvalue weighted by atomic mass is 9.84. The smallest absolute Gasteiger partial charge is 0.128 e. The lowest BCUT2D eigenvalue weighted by molar-refractivity contribution is 0.269. The Morgan fingerprint density at radius 2 is 0.977 bits per heavy atom. The topological polar surface area (TPSA) is 9.23 Å². The molecule has 0 bridgehead atoms. The van der Waals surface area contributed by atoms with Gasteiger partial charge in [0.2, 0.25) is 0 Å². The third kappa shape index (κ3) is 3.86. The van der Waals surface area contributed by atoms with E-state index >= 15 is 0 Å². The van der Waals surface area contributed by atoms with Crippen LogP contribution in [-0.4, -0.2) is 6.10 Å². The van der Waals surface area contributed by atoms with Crippen molar-refractivity contribution in [1.82, 2.24) is 0 Å². The van der Waals surface area contributed by atoms with E-state index in [-0.39, 0.29) is 12.0 Å². The average Bonchev–Trinajstić information content (AvgIpc) is 3.45. The van der Waals surface area contributed by atoms with Crippen molar-refractivity contribution in [2.75, 3.05) is 0 Å². The first kappa shape index (κ1) is 24.2. The van der Waals surface area contributed by atoms with Crippen molar-refractivity contribution >= 4 is 32.3 Å². The van der Waals surface area contributed by atoms with E-state index in [1.165, 1.54) is 71.3 Å². The van der Waals surface area contributed by atoms with E-state index in [1.807, 2.05) is 0 Å². The maximum Gasteiger partial charge on any atom is 0.128 e. The van der Waals surface area contributed by atoms with Gasteiger partial charge in [0, 0.05) is 11.5 Å². The van der Waals surface area contributed by atoms with E-state index < -0.39 is 0 Å². The highest BCUT2D eigenvalue weighted by molar-refractivity contribution is 6.21. The monoisotopic (exact) mass is 548 g/mol. The molecule has 0 radical (unpaired) electrons. The second-order valence-corrected chi connectivity index (χ2v) is 11.6. The highest BCUT2D eigenvalue weighted by Crippen LogP contribution is 2.47. The number of fused-ring (bicyclic) bond motifs is 6. The van der Waals surface area contributed by atoms with Gasteiger partial charge in [-0.05, 0) is 90.0 Å². The molecular formula is C42H28O. The molecule has 9 rings (SSSR count). The molecule has 0 fully saturated rings. The first-order valence-corrected chi connectivity index (χ1v) is 15.0. The molecule has 0 N–H and O–H groups in total. The SMILES string of the molecule is C1=CC2Oc3ccc(-c4c5ccccc5c(-c5ccc(-c6ccc7ccccc7c6)cc5)c5ccccc45)cc3C2C=C1. The van der Waals surface area contributed by atoms with Crippen LogP contribution in [0.5, 0.6) is 5.75 Å². The average molecular weight is 549 g/mol. The summed E-state index contributed by atoms with van der Waals surface area (Å²) >= 11 is 0. The summed E-state index contributed by atoms with van der Waals surface area (Å²) in [5.41, 5.74) is 8.76. The van der Waals surface area contributed by atoms with Gasteiger partial charge < -0.3 is 4.74 Å². The molecule has 2 unspecified atom stereocenters. The molecule has 0 saturated carbocycles. The molecule has 202 valence electrons. The van der Waals surface area contributed by atoms with Gasteiger partial charge in [0.25, 0.3) is 0 Å². The molecule has 0 spiro atoms. The van der Waals surface area contributed by atoms with Crippen LogP contribution in [0.25, 0.3) is 65.7 Å². The Balaban J connectivity index is 1.21. The largest absolute Gasteiger partial charge is 0.485 e. The van der Waals surface area contributed by atoms with Gasteiger partial charge in [-0.25, -0.2) is 0 Å². The zero-order valence-corrected chi connectivity index (χ0v) is 23.6. The van der Waals surface area contributed by atoms with Crippen LogP contribution in [0, 0.1) is 0 Å². The van der Waals surface area contributed by atoms with Gasteiger partial charge >= 0.3 is 0 Å². The van der Waals surface area contributed by atoms with Gasteiger partial charge in [-0.15, -0.1) is 0 Å². The molecular weight excluding hydrogens is 520 g/mol. The van der Waals surface area contributed by atoms with Crippen LogP contribution >= 0.6 is 0 Å². The highest BCUT2D eigenvalue weighted by Gasteiger charge is 2.32. The number of hydrogen-bond acceptors (Lipinski definition) is 1. The first-order chi connectivity index (χ1) is 21.3. The lowest BCUT2D eigenvalue weighted by Gasteiger charge is -2.18. The van der Waals surface area contributed by atoms with Crippen LogP contribution < -0.4 is 4.74 Å². The summed E-state index contributed by atoms with van der Waals surface area (Å²) in [6.07, 6.45) is 8.74. The molecule has 1 heterocycles. The number of hydrogen-bond donors (Lipinski definition) is 0. The molecule has 2 aliphatic rings. The highest BCUT2D eigenvalue weighted by atomic mass is 16.5. The third-order valence-electron chi connectivity index (χ3n) is 9.19. The summed E-state index contributed by atoms with van der Waals surface area (Å²) in [6, 6.07) is 48.9. The van der Waals surface area contributed by atoms with Crippen molar-refractivity contribution in [1.29, 1.82) is 0 Å². The Kier molecular flexibility index (Phi) is 5.39. The summed E-state index contributed by atoms with van der Waals surface area (Å²) in [5.74, 6) is 1.25. The molecule has 7 aromatic rings. The fourth-order valence-electron chi connectivity index (χ4n) is 7.15. The molecule has 1 heteroatoms. The molecule has 1 nitrogen and oxygen atoms in total. The van der Waals surface area contributed by atoms with Crippen LogP contribution in [0.4, 0.5) is 0 Å². The molecule has 43 heavy (non-hydrogen) atoms. The van der Waals surface area contributed by atoms with Gasteiger partial charge in [-0.1, -0.05) is 133 Å². The number of benzene rings is 7. The Hall–Kier alpha value is -5.40. The second kappa shape index (κ2) is 9.58. The molecule has 1 aliphatic carbocycles. The van der Waals surface area contributed by atoms with Gasteiger partial charge in [-0.2, -0.15) is 0 Å². The van der Waals surface area contributed by atoms with E-state index in [1.54, 1.807) is 0 Å². The van der Waals surface area contributed by atoms with Gasteiger partial charge in [0.15, 0.2) is 0 Å². The van der Waals surface area contributed by atoms with Crippen molar-refractivity contribution in [3.05, 3.63) is 163 Å². The predicted octanol–water partition coefficient (Wildman–Crippen LogP) is 11.1. The molecule has 2 atom stereocenters. The van der Waals surface area contributed by atoms with E-state index in [9.17, 15) is 0 Å². The van der Waals surface area contributed by atoms with Crippen molar-refractivity contribution in [3.8, 4) is 39.1 Å². The van der Waals surface area contributed by atoms with Crippen molar-refractivity contribution in [2.45, 2.75) is 12.0 Å². The van der Waals surface area contributed by atoms with Gasteiger partial charge in [-0.3, -0.25) is 0 Å². The van der Waals surface area contributed by atoms with E-state index in [2.05, 4.69) is 158 Å². The molecule has 0 amide bonds. The van der Waals surface area contributed by atoms with E-state index in [0.717, 1.165) is 5.75 Å². The summed E-state index contributed by atoms with van der Waals surface area (Å²) in [5, 5.41) is 7.60. The molecule has 7 aromatic carbocycles. The van der Waals surface area contributed by atoms with Gasteiger partial charge in [0.1, 0.15) is 11.9 Å². The normalized spacial score (nSPS) is 16.8. The minimum Gasteiger partial charge on any atom is -0.485 e. The molecule has 0 saturated heterocycles. The zero-order chi connectivity index (χ0) is 28.3. The van der Waals surface area contributed by atoms with Crippen molar-refractivity contribution < 1.29 is 4.74 Å². The Morgan fingerprint density at radius 3 is 1.70 bits per heavy atom. The Labute approximate surface area is 251 Å². The first-order valence-electron chi connectivity index (χ1n) is 15.0. The van der Waals surface area contributed by atoms with Crippen LogP contribution in [-0.2, 0) is 0 Å². The molecule has 0 aromatic heterocycles. The summed E-state index contributed by atoms with van der Waals surface area (Å²) in [6.45, 7) is 0. The number of rotatable bonds is 3. The maximum absolute atomic E-state index is 6.28. The fourth-order valence-corrected chi connectivity index (χ4v) is 7.15. The maximum atomic E-state index is 6.28. The minimum absolute atomic E-state index is 0.0868. The van der Waals surface area contributed by atoms with E-state index in [0.29, 0.717) is 0 Å². The number of ether oxygens (including phenoxy) is 1. The van der Waals surface area contributed by atoms with E-state index in [4.69, 9.17) is 4.74 Å². The zero-order valence-electron chi connectivity index (χ0n) is 23.6. The minimum atomic E-state index is 0.0868. The van der Waals surface area contributed by atoms with Gasteiger partial charge in [0.05, 0.1) is 0 Å². The Bertz CT molecular complexity index is 2210. The van der Waals surface area contributed by atoms with Crippen molar-refractivity contribution in [3.63, 3.8) is 0 Å². The summed E-state index contributed by atoms with van der Waals surface area (Å²) in [4.78, 5) is 0. The van der Waals surface area contributed by atoms with Crippen LogP contribution in [0.1, 0.15) is 11.5 Å². The second-order valence-electron chi connectivity index (χ2n) is 11.6. The molecule has 1 aliphatic heterocycles. The quantitative estimate of drug-likeness (QED) is 0.200. The van der Waals surface area contributed by atoms with Crippen LogP contribution in [0.2, 0.25) is 0 Å². The fraction of sp³-hybridized carbons (Fsp3) is 0.0476. The summed E-state index contributed by atoms with van der Waals surface area (Å²) in [7, 11) is 0. The Morgan fingerprint density at radius 1 is 0.419 bits per heavy atom. The standard InChI is InChI=1S/C42H28O/c1-2-10-30-25-31(22-19-27(30)9-1)28-17-20-29(21-18-28)41-34-12-3-5-14-36(34)42(37-15-6-4-13-35(37)41)32-23-24-40-38(26-32)33-11-7-8-16-39(33)43-40/h1-26,33,39H. The van der Waals surface area contributed by atoms with Crippen molar-refractivity contribution in [2.24, 2.45) is 0 Å². The lowest BCUT2D eigenvalue weighted by Crippen LogP contribution is -2.15. The van der Waals surface area contributed by atoms with Crippen LogP contribution in [0.15, 0.2) is 158 Å².